The maximum Gasteiger partial charge on any atom is 0.159 e. The van der Waals surface area contributed by atoms with Crippen LogP contribution in [0.15, 0.2) is 0 Å². The van der Waals surface area contributed by atoms with Gasteiger partial charge in [0, 0.05) is 18.3 Å². The topological polar surface area (TPSA) is 35.6 Å². The monoisotopic (exact) mass is 326 g/mol. The molecule has 1 aliphatic rings. The molecule has 1 saturated carbocycles. The number of thioether (sulfide) groups is 1. The van der Waals surface area contributed by atoms with Crippen LogP contribution < -0.4 is 0 Å². The molecule has 21 heavy (non-hydrogen) atoms. The normalized spacial score (nSPS) is 22.5. The summed E-state index contributed by atoms with van der Waals surface area (Å²) in [6.45, 7) is 2.18. The van der Waals surface area contributed by atoms with E-state index in [1.165, 1.54) is 19.3 Å². The second kappa shape index (κ2) is 6.21. The summed E-state index contributed by atoms with van der Waals surface area (Å²) in [6.07, 6.45) is 8.07. The molecule has 2 aromatic heterocycles. The number of alkyl halides is 1. The molecule has 0 amide bonds. The molecule has 6 heteroatoms. The number of hydrogen-bond donors (Lipinski definition) is 0. The van der Waals surface area contributed by atoms with Crippen molar-refractivity contribution in [3.63, 3.8) is 0 Å². The number of aryl methyl sites for hydroxylation is 2. The van der Waals surface area contributed by atoms with Crippen molar-refractivity contribution in [2.75, 3.05) is 6.26 Å². The zero-order valence-electron chi connectivity index (χ0n) is 13.0. The molecule has 2 unspecified atom stereocenters. The lowest BCUT2D eigenvalue weighted by Gasteiger charge is -2.22. The number of hydrogen-bond acceptors (Lipinski definition) is 3. The average molecular weight is 327 g/mol. The maximum atomic E-state index is 6.19. The molecule has 2 aromatic rings. The van der Waals surface area contributed by atoms with Gasteiger partial charge in [0.1, 0.15) is 11.3 Å². The van der Waals surface area contributed by atoms with E-state index in [1.807, 2.05) is 23.5 Å². The first-order valence-corrected chi connectivity index (χ1v) is 9.54. The van der Waals surface area contributed by atoms with Crippen LogP contribution in [0.5, 0.6) is 0 Å². The second-order valence-electron chi connectivity index (χ2n) is 5.80. The minimum atomic E-state index is 0.470. The smallest absolute Gasteiger partial charge is 0.159 e. The molecule has 0 N–H and O–H groups in total. The van der Waals surface area contributed by atoms with Crippen molar-refractivity contribution < 1.29 is 0 Å². The van der Waals surface area contributed by atoms with Crippen molar-refractivity contribution in [1.82, 2.24) is 19.3 Å². The van der Waals surface area contributed by atoms with Crippen LogP contribution in [-0.2, 0) is 19.3 Å². The molecule has 116 valence electrons. The zero-order valence-corrected chi connectivity index (χ0v) is 14.5. The van der Waals surface area contributed by atoms with Crippen molar-refractivity contribution in [1.29, 1.82) is 0 Å². The van der Waals surface area contributed by atoms with E-state index in [0.29, 0.717) is 17.2 Å². The van der Waals surface area contributed by atoms with Crippen molar-refractivity contribution in [2.24, 2.45) is 7.05 Å². The highest BCUT2D eigenvalue weighted by Crippen LogP contribution is 2.40. The van der Waals surface area contributed by atoms with Crippen molar-refractivity contribution in [3.05, 3.63) is 11.5 Å². The Bertz CT molecular complexity index is 633. The Balaban J connectivity index is 2.16. The van der Waals surface area contributed by atoms with Gasteiger partial charge in [-0.3, -0.25) is 4.68 Å². The van der Waals surface area contributed by atoms with Crippen LogP contribution in [0.1, 0.15) is 50.2 Å². The zero-order chi connectivity index (χ0) is 15.0. The standard InChI is InChI=1S/C15H23ClN4S/c1-4-6-10-14-15(19(2)18-10)20(13(9-16)17-14)11-7-5-8-12(11)21-3/h11-12H,4-9H2,1-3H3. The highest BCUT2D eigenvalue weighted by atomic mass is 35.5. The lowest BCUT2D eigenvalue weighted by molar-refractivity contribution is 0.515. The van der Waals surface area contributed by atoms with Gasteiger partial charge in [0.2, 0.25) is 0 Å². The molecule has 0 bridgehead atoms. The van der Waals surface area contributed by atoms with Crippen molar-refractivity contribution >= 4 is 34.5 Å². The van der Waals surface area contributed by atoms with E-state index in [-0.39, 0.29) is 0 Å². The Kier molecular flexibility index (Phi) is 4.50. The van der Waals surface area contributed by atoms with Crippen molar-refractivity contribution in [2.45, 2.75) is 56.2 Å². The van der Waals surface area contributed by atoms with Gasteiger partial charge in [-0.2, -0.15) is 16.9 Å². The van der Waals surface area contributed by atoms with E-state index >= 15 is 0 Å². The first-order chi connectivity index (χ1) is 10.2. The summed E-state index contributed by atoms with van der Waals surface area (Å²) in [5, 5.41) is 5.34. The highest BCUT2D eigenvalue weighted by molar-refractivity contribution is 7.99. The summed E-state index contributed by atoms with van der Waals surface area (Å²) < 4.78 is 4.38. The summed E-state index contributed by atoms with van der Waals surface area (Å²) in [4.78, 5) is 4.82. The van der Waals surface area contributed by atoms with Crippen LogP contribution in [0.2, 0.25) is 0 Å². The van der Waals surface area contributed by atoms with Gasteiger partial charge in [-0.15, -0.1) is 11.6 Å². The predicted octanol–water partition coefficient (Wildman–Crippen LogP) is 3.92. The van der Waals surface area contributed by atoms with Crippen LogP contribution in [0.4, 0.5) is 0 Å². The summed E-state index contributed by atoms with van der Waals surface area (Å²) in [7, 11) is 2.03. The Morgan fingerprint density at radius 2 is 2.19 bits per heavy atom. The first-order valence-electron chi connectivity index (χ1n) is 7.72. The van der Waals surface area contributed by atoms with Gasteiger partial charge in [0.25, 0.3) is 0 Å². The third-order valence-corrected chi connectivity index (χ3v) is 5.86. The molecule has 2 heterocycles. The van der Waals surface area contributed by atoms with E-state index in [2.05, 4.69) is 22.8 Å². The van der Waals surface area contributed by atoms with Crippen molar-refractivity contribution in [3.8, 4) is 0 Å². The quantitative estimate of drug-likeness (QED) is 0.781. The van der Waals surface area contributed by atoms with E-state index in [1.54, 1.807) is 0 Å². The molecular formula is C15H23ClN4S. The third kappa shape index (κ3) is 2.48. The molecule has 0 spiro atoms. The number of fused-ring (bicyclic) bond motifs is 1. The molecular weight excluding hydrogens is 304 g/mol. The van der Waals surface area contributed by atoms with Gasteiger partial charge in [-0.25, -0.2) is 4.98 Å². The number of halogens is 1. The maximum absolute atomic E-state index is 6.19. The van der Waals surface area contributed by atoms with E-state index in [0.717, 1.165) is 35.5 Å². The second-order valence-corrected chi connectivity index (χ2v) is 7.14. The van der Waals surface area contributed by atoms with Crippen LogP contribution in [0, 0.1) is 0 Å². The van der Waals surface area contributed by atoms with E-state index < -0.39 is 0 Å². The highest BCUT2D eigenvalue weighted by Gasteiger charge is 2.32. The predicted molar refractivity (Wildman–Crippen MR) is 90.2 cm³/mol. The summed E-state index contributed by atoms with van der Waals surface area (Å²) in [5.41, 5.74) is 3.32. The van der Waals surface area contributed by atoms with Crippen LogP contribution in [0.25, 0.3) is 11.2 Å². The Morgan fingerprint density at radius 3 is 2.86 bits per heavy atom. The van der Waals surface area contributed by atoms with Gasteiger partial charge in [0.05, 0.1) is 11.6 Å². The minimum absolute atomic E-state index is 0.470. The van der Waals surface area contributed by atoms with Crippen LogP contribution in [-0.4, -0.2) is 30.8 Å². The fourth-order valence-electron chi connectivity index (χ4n) is 3.57. The largest absolute Gasteiger partial charge is 0.308 e. The van der Waals surface area contributed by atoms with Crippen LogP contribution in [0.3, 0.4) is 0 Å². The van der Waals surface area contributed by atoms with E-state index in [9.17, 15) is 0 Å². The molecule has 3 rings (SSSR count). The van der Waals surface area contributed by atoms with Gasteiger partial charge in [0.15, 0.2) is 5.65 Å². The lowest BCUT2D eigenvalue weighted by atomic mass is 10.2. The van der Waals surface area contributed by atoms with Gasteiger partial charge < -0.3 is 4.57 Å². The molecule has 0 radical (unpaired) electrons. The number of imidazole rings is 1. The number of rotatable bonds is 5. The van der Waals surface area contributed by atoms with Gasteiger partial charge in [-0.1, -0.05) is 19.8 Å². The minimum Gasteiger partial charge on any atom is -0.308 e. The molecule has 2 atom stereocenters. The van der Waals surface area contributed by atoms with Gasteiger partial charge >= 0.3 is 0 Å². The van der Waals surface area contributed by atoms with Gasteiger partial charge in [-0.05, 0) is 25.5 Å². The lowest BCUT2D eigenvalue weighted by Crippen LogP contribution is -2.19. The summed E-state index contributed by atoms with van der Waals surface area (Å²) >= 11 is 8.16. The summed E-state index contributed by atoms with van der Waals surface area (Å²) in [6, 6.07) is 0.503. The number of aromatic nitrogens is 4. The fraction of sp³-hybridized carbons (Fsp3) is 0.733. The molecule has 0 saturated heterocycles. The Hall–Kier alpha value is -0.680. The molecule has 0 aliphatic heterocycles. The fourth-order valence-corrected chi connectivity index (χ4v) is 4.74. The first kappa shape index (κ1) is 15.2. The molecule has 1 aliphatic carbocycles. The van der Waals surface area contributed by atoms with E-state index in [4.69, 9.17) is 16.6 Å². The SMILES string of the molecule is CCCc1nn(C)c2c1nc(CCl)n2C1CCCC1SC. The van der Waals surface area contributed by atoms with Crippen LogP contribution >= 0.6 is 23.4 Å². The average Bonchev–Trinajstić information content (AvgIpc) is 3.15. The molecule has 0 aromatic carbocycles. The Labute approximate surface area is 135 Å². The Morgan fingerprint density at radius 1 is 1.38 bits per heavy atom. The third-order valence-electron chi connectivity index (χ3n) is 4.47. The number of nitrogens with zero attached hydrogens (tertiary/aromatic N) is 4. The molecule has 1 fully saturated rings. The molecule has 4 nitrogen and oxygen atoms in total. The summed E-state index contributed by atoms with van der Waals surface area (Å²) in [5.74, 6) is 1.47.